The molecule has 2 aromatic rings. The highest BCUT2D eigenvalue weighted by Gasteiger charge is 2.15. The third-order valence-corrected chi connectivity index (χ3v) is 3.75. The van der Waals surface area contributed by atoms with Crippen molar-refractivity contribution in [1.82, 2.24) is 0 Å². The molecule has 0 aliphatic carbocycles. The molecule has 1 amide bonds. The molecule has 24 heavy (non-hydrogen) atoms. The molecule has 0 saturated carbocycles. The van der Waals surface area contributed by atoms with Crippen molar-refractivity contribution < 1.29 is 9.53 Å². The molecule has 0 saturated heterocycles. The first-order valence-electron chi connectivity index (χ1n) is 8.07. The van der Waals surface area contributed by atoms with Gasteiger partial charge in [-0.3, -0.25) is 4.79 Å². The average molecular weight is 323 g/mol. The van der Waals surface area contributed by atoms with Gasteiger partial charge >= 0.3 is 0 Å². The van der Waals surface area contributed by atoms with E-state index in [1.165, 1.54) is 5.56 Å². The van der Waals surface area contributed by atoms with Gasteiger partial charge in [-0.2, -0.15) is 0 Å². The molecule has 0 aliphatic heterocycles. The first kappa shape index (κ1) is 17.8. The summed E-state index contributed by atoms with van der Waals surface area (Å²) < 4.78 is 5.61. The topological polar surface area (TPSA) is 38.3 Å². The molecule has 3 heteroatoms. The quantitative estimate of drug-likeness (QED) is 0.777. The van der Waals surface area contributed by atoms with E-state index in [1.54, 1.807) is 6.08 Å². The summed E-state index contributed by atoms with van der Waals surface area (Å²) in [6, 6.07) is 13.4. The van der Waals surface area contributed by atoms with Crippen molar-refractivity contribution in [3.05, 3.63) is 71.8 Å². The number of ether oxygens (including phenoxy) is 1. The monoisotopic (exact) mass is 323 g/mol. The van der Waals surface area contributed by atoms with Gasteiger partial charge in [-0.25, -0.2) is 0 Å². The highest BCUT2D eigenvalue weighted by Crippen LogP contribution is 2.27. The van der Waals surface area contributed by atoms with Crippen LogP contribution in [0.1, 0.15) is 42.3 Å². The van der Waals surface area contributed by atoms with E-state index in [-0.39, 0.29) is 11.3 Å². The molecule has 3 nitrogen and oxygen atoms in total. The maximum absolute atomic E-state index is 12.5. The first-order valence-corrected chi connectivity index (χ1v) is 8.07. The summed E-state index contributed by atoms with van der Waals surface area (Å²) in [5.74, 6) is 0.490. The maximum Gasteiger partial charge on any atom is 0.255 e. The van der Waals surface area contributed by atoms with Crippen molar-refractivity contribution in [2.45, 2.75) is 33.1 Å². The smallest absolute Gasteiger partial charge is 0.255 e. The zero-order valence-electron chi connectivity index (χ0n) is 14.8. The first-order chi connectivity index (χ1) is 11.3. The predicted octanol–water partition coefficient (Wildman–Crippen LogP) is 5.11. The summed E-state index contributed by atoms with van der Waals surface area (Å²) in [6.45, 7) is 12.5. The second-order valence-electron chi connectivity index (χ2n) is 6.88. The molecule has 126 valence electrons. The zero-order valence-corrected chi connectivity index (χ0v) is 14.8. The van der Waals surface area contributed by atoms with Crippen molar-refractivity contribution in [1.29, 1.82) is 0 Å². The minimum atomic E-state index is -0.149. The number of hydrogen-bond donors (Lipinski definition) is 1. The van der Waals surface area contributed by atoms with Gasteiger partial charge in [-0.15, -0.1) is 0 Å². The lowest BCUT2D eigenvalue weighted by Crippen LogP contribution is -2.15. The summed E-state index contributed by atoms with van der Waals surface area (Å²) in [7, 11) is 0. The summed E-state index contributed by atoms with van der Waals surface area (Å²) in [4.78, 5) is 12.5. The fraction of sp³-hybridized carbons (Fsp3) is 0.286. The van der Waals surface area contributed by atoms with E-state index in [0.717, 1.165) is 5.56 Å². The van der Waals surface area contributed by atoms with Gasteiger partial charge in [0.2, 0.25) is 0 Å². The van der Waals surface area contributed by atoms with Gasteiger partial charge in [0, 0.05) is 5.56 Å². The van der Waals surface area contributed by atoms with E-state index < -0.39 is 0 Å². The van der Waals surface area contributed by atoms with E-state index in [4.69, 9.17) is 4.74 Å². The molecule has 2 aromatic carbocycles. The standard InChI is InChI=1S/C21H25NO2/c1-6-13-24-19-12-7-15(2)14-18(19)22-20(23)16-8-10-17(11-9-16)21(3,4)5/h6-12,14H,1,13H2,2-5H3,(H,22,23). The highest BCUT2D eigenvalue weighted by atomic mass is 16.5. The SMILES string of the molecule is C=CCOc1ccc(C)cc1NC(=O)c1ccc(C(C)(C)C)cc1. The van der Waals surface area contributed by atoms with E-state index in [1.807, 2.05) is 49.4 Å². The molecule has 0 bridgehead atoms. The fourth-order valence-electron chi connectivity index (χ4n) is 2.33. The van der Waals surface area contributed by atoms with Crippen molar-refractivity contribution in [2.75, 3.05) is 11.9 Å². The van der Waals surface area contributed by atoms with Crippen LogP contribution in [-0.2, 0) is 5.41 Å². The van der Waals surface area contributed by atoms with E-state index >= 15 is 0 Å². The zero-order chi connectivity index (χ0) is 17.7. The van der Waals surface area contributed by atoms with Crippen LogP contribution in [-0.4, -0.2) is 12.5 Å². The van der Waals surface area contributed by atoms with Crippen LogP contribution in [0.15, 0.2) is 55.1 Å². The number of anilines is 1. The molecule has 0 fully saturated rings. The van der Waals surface area contributed by atoms with Crippen LogP contribution in [0.25, 0.3) is 0 Å². The fourth-order valence-corrected chi connectivity index (χ4v) is 2.33. The Bertz CT molecular complexity index is 724. The van der Waals surface area contributed by atoms with E-state index in [9.17, 15) is 4.79 Å². The number of aryl methyl sites for hydroxylation is 1. The number of carbonyl (C=O) groups is 1. The Hall–Kier alpha value is -2.55. The Morgan fingerprint density at radius 2 is 1.83 bits per heavy atom. The minimum absolute atomic E-state index is 0.0667. The van der Waals surface area contributed by atoms with E-state index in [2.05, 4.69) is 32.7 Å². The van der Waals surface area contributed by atoms with Crippen LogP contribution in [0.4, 0.5) is 5.69 Å². The normalized spacial score (nSPS) is 11.0. The van der Waals surface area contributed by atoms with Crippen molar-refractivity contribution >= 4 is 11.6 Å². The molecule has 0 aliphatic rings. The summed E-state index contributed by atoms with van der Waals surface area (Å²) >= 11 is 0. The minimum Gasteiger partial charge on any atom is -0.487 e. The van der Waals surface area contributed by atoms with E-state index in [0.29, 0.717) is 23.6 Å². The van der Waals surface area contributed by atoms with Gasteiger partial charge < -0.3 is 10.1 Å². The van der Waals surface area contributed by atoms with Crippen molar-refractivity contribution in [2.24, 2.45) is 0 Å². The number of amides is 1. The maximum atomic E-state index is 12.5. The van der Waals surface area contributed by atoms with Gasteiger partial charge in [-0.05, 0) is 47.7 Å². The molecular weight excluding hydrogens is 298 g/mol. The molecule has 0 radical (unpaired) electrons. The molecule has 0 heterocycles. The van der Waals surface area contributed by atoms with Gasteiger partial charge in [0.15, 0.2) is 0 Å². The number of rotatable bonds is 5. The highest BCUT2D eigenvalue weighted by molar-refractivity contribution is 6.05. The largest absolute Gasteiger partial charge is 0.487 e. The Morgan fingerprint density at radius 1 is 1.17 bits per heavy atom. The average Bonchev–Trinajstić information content (AvgIpc) is 2.53. The second-order valence-corrected chi connectivity index (χ2v) is 6.88. The van der Waals surface area contributed by atoms with Gasteiger partial charge in [0.1, 0.15) is 12.4 Å². The molecule has 0 atom stereocenters. The van der Waals surface area contributed by atoms with Crippen LogP contribution in [0, 0.1) is 6.92 Å². The summed E-state index contributed by atoms with van der Waals surface area (Å²) in [5.41, 5.74) is 3.61. The molecule has 0 unspecified atom stereocenters. The van der Waals surface area contributed by atoms with Crippen LogP contribution >= 0.6 is 0 Å². The van der Waals surface area contributed by atoms with Gasteiger partial charge in [0.25, 0.3) is 5.91 Å². The van der Waals surface area contributed by atoms with Crippen molar-refractivity contribution in [3.63, 3.8) is 0 Å². The number of benzene rings is 2. The van der Waals surface area contributed by atoms with Crippen LogP contribution in [0.5, 0.6) is 5.75 Å². The lowest BCUT2D eigenvalue weighted by molar-refractivity contribution is 0.102. The van der Waals surface area contributed by atoms with Gasteiger partial charge in [0.05, 0.1) is 5.69 Å². The second kappa shape index (κ2) is 7.35. The third kappa shape index (κ3) is 4.48. The molecule has 1 N–H and O–H groups in total. The lowest BCUT2D eigenvalue weighted by Gasteiger charge is -2.19. The van der Waals surface area contributed by atoms with Gasteiger partial charge in [-0.1, -0.05) is 51.6 Å². The number of nitrogens with one attached hydrogen (secondary N) is 1. The summed E-state index contributed by atoms with van der Waals surface area (Å²) in [6.07, 6.45) is 1.68. The Balaban J connectivity index is 2.20. The molecular formula is C21H25NO2. The molecule has 0 spiro atoms. The van der Waals surface area contributed by atoms with Crippen LogP contribution in [0.3, 0.4) is 0 Å². The number of carbonyl (C=O) groups excluding carboxylic acids is 1. The lowest BCUT2D eigenvalue weighted by atomic mass is 9.87. The molecule has 0 aromatic heterocycles. The Labute approximate surface area is 144 Å². The Morgan fingerprint density at radius 3 is 2.42 bits per heavy atom. The van der Waals surface area contributed by atoms with Crippen molar-refractivity contribution in [3.8, 4) is 5.75 Å². The van der Waals surface area contributed by atoms with Crippen LogP contribution in [0.2, 0.25) is 0 Å². The number of hydrogen-bond acceptors (Lipinski definition) is 2. The molecule has 2 rings (SSSR count). The van der Waals surface area contributed by atoms with Crippen LogP contribution < -0.4 is 10.1 Å². The predicted molar refractivity (Wildman–Crippen MR) is 100.0 cm³/mol. The Kier molecular flexibility index (Phi) is 5.45. The summed E-state index contributed by atoms with van der Waals surface area (Å²) in [5, 5.41) is 2.94. The third-order valence-electron chi connectivity index (χ3n) is 3.75.